The average molecular weight is 1450 g/mol. The Kier molecular flexibility index (Phi) is 25.6. The summed E-state index contributed by atoms with van der Waals surface area (Å²) in [6.07, 6.45) is 6.99. The number of anilines is 5. The lowest BCUT2D eigenvalue weighted by molar-refractivity contribution is -0.142. The van der Waals surface area contributed by atoms with Gasteiger partial charge in [0.2, 0.25) is 0 Å². The van der Waals surface area contributed by atoms with Crippen LogP contribution in [0.25, 0.3) is 0 Å². The lowest BCUT2D eigenvalue weighted by Gasteiger charge is -2.32. The lowest BCUT2D eigenvalue weighted by atomic mass is 10.0. The fourth-order valence-corrected chi connectivity index (χ4v) is 12.6. The number of rotatable bonds is 12. The third-order valence-corrected chi connectivity index (χ3v) is 18.1. The average Bonchev–Trinajstić information content (AvgIpc) is 0.784. The number of fused-ring (bicyclic) bond motifs is 4. The standard InChI is InChI=1S/C24H23F3N6O.C15H13ClN4.2C14H12N4.C9H11F3N2O/c1-15-2-4-21(17(10-15)11-28)33-8-6-20-18(13-33)23(31-14-30-20)32-19(7-9-34)16-3-5-22(29-12-16)24(25,26)27;1-10-2-3-14(11(6-10)7-17)20-5-4-13-12(8-20)15(16)19-9-18-13;2*15-7-11-3-1-2-4-14(11)18-6-5-13-12(9-18)8-16-10-17-13;10-9(11,12)8-2-1-6(5-14-8)7(13)3-4-15/h2-5,10,12,14,19,34H,6-9,13H2,1H3,(H,30,31,32);2-3,6,9H,4-5,8H2,1H3;2*1-4,8,10H,5-6,9H2;1-2,5,7,15H,3-4,13H2/t19-;;;;7-/m1...1/s1. The highest BCUT2D eigenvalue weighted by Gasteiger charge is 2.34. The molecule has 22 nitrogen and oxygen atoms in total. The molecule has 0 fully saturated rings. The summed E-state index contributed by atoms with van der Waals surface area (Å²) in [6.45, 7) is 9.59. The van der Waals surface area contributed by atoms with Crippen LogP contribution in [0.1, 0.15) is 126 Å². The summed E-state index contributed by atoms with van der Waals surface area (Å²) in [6, 6.07) is 39.5. The van der Waals surface area contributed by atoms with Crippen LogP contribution in [0.3, 0.4) is 0 Å². The third-order valence-electron chi connectivity index (χ3n) is 17.8. The van der Waals surface area contributed by atoms with E-state index in [4.69, 9.17) is 33.0 Å². The lowest BCUT2D eigenvalue weighted by Crippen LogP contribution is -2.32. The second-order valence-electron chi connectivity index (χ2n) is 24.7. The van der Waals surface area contributed by atoms with Crippen LogP contribution < -0.4 is 30.7 Å². The zero-order valence-electron chi connectivity index (χ0n) is 57.1. The number of halogens is 7. The van der Waals surface area contributed by atoms with Gasteiger partial charge in [-0.15, -0.1) is 0 Å². The van der Waals surface area contributed by atoms with E-state index in [9.17, 15) is 42.0 Å². The predicted molar refractivity (Wildman–Crippen MR) is 381 cm³/mol. The Morgan fingerprint density at radius 1 is 0.476 bits per heavy atom. The number of nitrogens with one attached hydrogen (secondary N) is 1. The first-order chi connectivity index (χ1) is 50.7. The van der Waals surface area contributed by atoms with E-state index in [0.29, 0.717) is 65.7 Å². The van der Waals surface area contributed by atoms with Crippen LogP contribution in [0.4, 0.5) is 54.9 Å². The van der Waals surface area contributed by atoms with Crippen LogP contribution in [0.5, 0.6) is 0 Å². The number of nitrogens with zero attached hydrogens (tertiary/aromatic N) is 18. The number of aliphatic hydroxyl groups is 2. The van der Waals surface area contributed by atoms with E-state index in [0.717, 1.165) is 160 Å². The number of nitriles is 4. The molecule has 105 heavy (non-hydrogen) atoms. The number of hydrogen-bond donors (Lipinski definition) is 4. The first kappa shape index (κ1) is 75.9. The number of pyridine rings is 2. The van der Waals surface area contributed by atoms with E-state index >= 15 is 0 Å². The number of aromatic nitrogens is 10. The van der Waals surface area contributed by atoms with Crippen molar-refractivity contribution in [1.82, 2.24) is 49.8 Å². The van der Waals surface area contributed by atoms with Crippen molar-refractivity contribution in [3.63, 3.8) is 0 Å². The summed E-state index contributed by atoms with van der Waals surface area (Å²) < 4.78 is 75.1. The molecule has 0 bridgehead atoms. The molecule has 0 unspecified atom stereocenters. The smallest absolute Gasteiger partial charge is 0.396 e. The highest BCUT2D eigenvalue weighted by atomic mass is 35.5. The van der Waals surface area contributed by atoms with E-state index in [1.54, 1.807) is 12.7 Å². The summed E-state index contributed by atoms with van der Waals surface area (Å²) >= 11 is 6.15. The number of aliphatic hydroxyl groups excluding tert-OH is 2. The van der Waals surface area contributed by atoms with Crippen LogP contribution in [-0.4, -0.2) is 99.4 Å². The molecule has 0 radical (unpaired) electrons. The molecule has 0 saturated carbocycles. The van der Waals surface area contributed by atoms with E-state index in [-0.39, 0.29) is 19.6 Å². The molecular formula is C76H71ClF6N20O2. The Hall–Kier alpha value is -11.8. The Morgan fingerprint density at radius 3 is 1.35 bits per heavy atom. The van der Waals surface area contributed by atoms with E-state index in [1.165, 1.54) is 31.0 Å². The number of alkyl halides is 6. The fraction of sp³-hybridized carbons (Fsp3) is 0.289. The van der Waals surface area contributed by atoms with Crippen molar-refractivity contribution in [1.29, 1.82) is 21.0 Å². The van der Waals surface area contributed by atoms with Gasteiger partial charge in [0.25, 0.3) is 0 Å². The molecule has 4 aliphatic rings. The molecule has 14 rings (SSSR count). The van der Waals surface area contributed by atoms with Crippen molar-refractivity contribution < 1.29 is 36.6 Å². The van der Waals surface area contributed by atoms with Crippen LogP contribution in [0, 0.1) is 59.2 Å². The number of aryl methyl sites for hydroxylation is 2. The zero-order valence-corrected chi connectivity index (χ0v) is 57.9. The second kappa shape index (κ2) is 35.4. The van der Waals surface area contributed by atoms with Crippen molar-refractivity contribution in [2.75, 3.05) is 64.3 Å². The van der Waals surface area contributed by atoms with Gasteiger partial charge in [0.15, 0.2) is 0 Å². The summed E-state index contributed by atoms with van der Waals surface area (Å²) in [5, 5.41) is 59.1. The number of nitrogens with two attached hydrogens (primary N) is 1. The van der Waals surface area contributed by atoms with E-state index < -0.39 is 35.8 Å². The van der Waals surface area contributed by atoms with Crippen molar-refractivity contribution >= 4 is 40.2 Å². The Morgan fingerprint density at radius 2 is 0.895 bits per heavy atom. The summed E-state index contributed by atoms with van der Waals surface area (Å²) in [5.74, 6) is 0.540. The van der Waals surface area contributed by atoms with Crippen molar-refractivity contribution in [2.24, 2.45) is 5.73 Å². The topological polar surface area (TPSA) is 316 Å². The van der Waals surface area contributed by atoms with Gasteiger partial charge in [-0.25, -0.2) is 39.9 Å². The molecule has 0 saturated heterocycles. The van der Waals surface area contributed by atoms with Crippen LogP contribution in [-0.2, 0) is 64.2 Å². The number of hydrogen-bond acceptors (Lipinski definition) is 22. The minimum absolute atomic E-state index is 0.109. The van der Waals surface area contributed by atoms with Crippen molar-refractivity contribution in [3.8, 4) is 24.3 Å². The highest BCUT2D eigenvalue weighted by Crippen LogP contribution is 2.36. The van der Waals surface area contributed by atoms with E-state index in [1.807, 2.05) is 111 Å². The molecule has 0 amide bonds. The fourth-order valence-electron chi connectivity index (χ4n) is 12.3. The number of benzene rings is 4. The van der Waals surface area contributed by atoms with Gasteiger partial charge in [-0.05, 0) is 110 Å². The van der Waals surface area contributed by atoms with Gasteiger partial charge in [-0.2, -0.15) is 47.4 Å². The van der Waals surface area contributed by atoms with Gasteiger partial charge in [0.05, 0.1) is 73.8 Å². The maximum atomic E-state index is 12.9. The largest absolute Gasteiger partial charge is 0.433 e. The Labute approximate surface area is 607 Å². The minimum Gasteiger partial charge on any atom is -0.396 e. The first-order valence-corrected chi connectivity index (χ1v) is 33.7. The zero-order chi connectivity index (χ0) is 74.6. The molecule has 0 spiro atoms. The van der Waals surface area contributed by atoms with Crippen LogP contribution in [0.15, 0.2) is 159 Å². The van der Waals surface area contributed by atoms with Crippen LogP contribution in [0.2, 0.25) is 5.15 Å². The van der Waals surface area contributed by atoms with Crippen LogP contribution >= 0.6 is 11.6 Å². The molecule has 6 aromatic heterocycles. The molecule has 4 aliphatic heterocycles. The summed E-state index contributed by atoms with van der Waals surface area (Å²) in [5.41, 5.74) is 21.5. The molecule has 10 heterocycles. The van der Waals surface area contributed by atoms with Gasteiger partial charge in [-0.1, -0.05) is 60.1 Å². The van der Waals surface area contributed by atoms with Crippen molar-refractivity contribution in [3.05, 3.63) is 265 Å². The number of para-hydroxylation sites is 2. The molecule has 10 aromatic rings. The van der Waals surface area contributed by atoms with Gasteiger partial charge >= 0.3 is 12.4 Å². The van der Waals surface area contributed by atoms with Crippen molar-refractivity contribution in [2.45, 2.75) is 103 Å². The predicted octanol–water partition coefficient (Wildman–Crippen LogP) is 12.3. The summed E-state index contributed by atoms with van der Waals surface area (Å²) in [7, 11) is 0. The molecule has 0 aliphatic carbocycles. The first-order valence-electron chi connectivity index (χ1n) is 33.4. The Balaban J connectivity index is 0.000000146. The minimum atomic E-state index is -4.52. The summed E-state index contributed by atoms with van der Waals surface area (Å²) in [4.78, 5) is 49.3. The maximum Gasteiger partial charge on any atom is 0.433 e. The maximum absolute atomic E-state index is 12.9. The molecule has 2 atom stereocenters. The van der Waals surface area contributed by atoms with Gasteiger partial charge in [0, 0.05) is 144 Å². The highest BCUT2D eigenvalue weighted by molar-refractivity contribution is 6.30. The molecular weight excluding hydrogens is 1370 g/mol. The van der Waals surface area contributed by atoms with Gasteiger partial charge < -0.3 is 40.9 Å². The van der Waals surface area contributed by atoms with Gasteiger partial charge in [-0.3, -0.25) is 9.97 Å². The molecule has 536 valence electrons. The monoisotopic (exact) mass is 1440 g/mol. The second-order valence-corrected chi connectivity index (χ2v) is 25.1. The third kappa shape index (κ3) is 19.5. The van der Waals surface area contributed by atoms with Gasteiger partial charge in [0.1, 0.15) is 71.9 Å². The molecule has 29 heteroatoms. The SMILES string of the molecule is Cc1ccc(N2CCc3ncnc(Cl)c3C2)c(C#N)c1.Cc1ccc(N2CCc3ncnc(N[C@H](CCO)c4ccc(C(F)(F)F)nc4)c3C2)c(C#N)c1.N#Cc1ccccc1N1CCc2ncncc2C1.N#Cc1ccccc1N1CCc2ncncc2C1.N[C@H](CCO)c1ccc(C(F)(F)F)nc1. The molecule has 5 N–H and O–H groups in total. The van der Waals surface area contributed by atoms with E-state index in [2.05, 4.69) is 99.0 Å². The molecule has 4 aromatic carbocycles. The normalized spacial score (nSPS) is 14.0. The Bertz CT molecular complexity index is 4700. The quantitative estimate of drug-likeness (QED) is 0.0652.